The predicted molar refractivity (Wildman–Crippen MR) is 165 cm³/mol. The molecule has 1 N–H and O–H groups in total. The lowest BCUT2D eigenvalue weighted by atomic mass is 10.1. The number of H-pyrrole nitrogens is 1. The van der Waals surface area contributed by atoms with E-state index >= 15 is 0 Å². The Bertz CT molecular complexity index is 1540. The number of likely N-dealkylation sites (tertiary alicyclic amines) is 1. The molecule has 10 heteroatoms. The lowest BCUT2D eigenvalue weighted by molar-refractivity contribution is -0.944. The van der Waals surface area contributed by atoms with Crippen LogP contribution in [0, 0.1) is 0 Å². The van der Waals surface area contributed by atoms with Gasteiger partial charge in [-0.2, -0.15) is 0 Å². The third-order valence-corrected chi connectivity index (χ3v) is 9.45. The van der Waals surface area contributed by atoms with Gasteiger partial charge in [-0.25, -0.2) is 4.79 Å². The normalized spacial score (nSPS) is 16.8. The average molecular weight is 703 g/mol. The molecule has 4 heterocycles. The van der Waals surface area contributed by atoms with Crippen molar-refractivity contribution in [1.29, 1.82) is 0 Å². The van der Waals surface area contributed by atoms with Crippen LogP contribution in [0.2, 0.25) is 0 Å². The third kappa shape index (κ3) is 7.20. The molecule has 0 aliphatic carbocycles. The van der Waals surface area contributed by atoms with Crippen LogP contribution < -0.4 is 39.2 Å². The molecule has 1 amide bonds. The Morgan fingerprint density at radius 3 is 2.60 bits per heavy atom. The van der Waals surface area contributed by atoms with E-state index in [1.54, 1.807) is 11.3 Å². The summed E-state index contributed by atoms with van der Waals surface area (Å²) in [6.45, 7) is 7.31. The number of aromatic nitrogens is 1. The number of rotatable bonds is 9. The Balaban J connectivity index is 0.00000353. The highest BCUT2D eigenvalue weighted by atomic mass is 127. The molecule has 0 radical (unpaired) electrons. The molecule has 224 valence electrons. The van der Waals surface area contributed by atoms with Gasteiger partial charge in [-0.3, -0.25) is 9.28 Å². The van der Waals surface area contributed by atoms with Gasteiger partial charge in [0.1, 0.15) is 5.75 Å². The first-order valence-corrected chi connectivity index (χ1v) is 15.7. The van der Waals surface area contributed by atoms with Gasteiger partial charge in [0.05, 0.1) is 44.8 Å². The summed E-state index contributed by atoms with van der Waals surface area (Å²) in [6, 6.07) is 17.9. The number of halogens is 1. The summed E-state index contributed by atoms with van der Waals surface area (Å²) in [5.74, 6) is 0.759. The number of unbranched alkanes of at least 4 members (excludes halogenated alkanes) is 1. The van der Waals surface area contributed by atoms with Crippen LogP contribution in [0.4, 0.5) is 10.5 Å². The van der Waals surface area contributed by atoms with Crippen LogP contribution in [0.3, 0.4) is 0 Å². The molecule has 42 heavy (non-hydrogen) atoms. The van der Waals surface area contributed by atoms with Gasteiger partial charge in [-0.1, -0.05) is 6.07 Å². The van der Waals surface area contributed by atoms with Gasteiger partial charge in [-0.15, -0.1) is 11.3 Å². The van der Waals surface area contributed by atoms with E-state index in [4.69, 9.17) is 9.47 Å². The number of anilines is 1. The second kappa shape index (κ2) is 14.1. The Hall–Kier alpha value is -2.83. The van der Waals surface area contributed by atoms with E-state index in [1.165, 1.54) is 28.3 Å². The number of amides is 1. The molecule has 2 fully saturated rings. The maximum atomic E-state index is 12.9. The number of nitrogens with zero attached hydrogens (tertiary/aromatic N) is 3. The molecule has 0 saturated carbocycles. The summed E-state index contributed by atoms with van der Waals surface area (Å²) in [6.07, 6.45) is 5.03. The van der Waals surface area contributed by atoms with Gasteiger partial charge in [-0.05, 0) is 79.3 Å². The van der Waals surface area contributed by atoms with Crippen molar-refractivity contribution in [1.82, 2.24) is 9.88 Å². The Morgan fingerprint density at radius 2 is 1.76 bits per heavy atom. The highest BCUT2D eigenvalue weighted by Gasteiger charge is 2.35. The molecule has 0 atom stereocenters. The first kappa shape index (κ1) is 30.6. The van der Waals surface area contributed by atoms with Crippen molar-refractivity contribution in [2.45, 2.75) is 32.1 Å². The number of quaternary nitrogens is 1. The van der Waals surface area contributed by atoms with Crippen LogP contribution in [-0.4, -0.2) is 79.6 Å². The quantitative estimate of drug-likeness (QED) is 0.165. The molecule has 2 saturated heterocycles. The van der Waals surface area contributed by atoms with E-state index in [1.807, 2.05) is 29.2 Å². The van der Waals surface area contributed by atoms with Crippen molar-refractivity contribution in [3.05, 3.63) is 70.3 Å². The minimum Gasteiger partial charge on any atom is -1.00 e. The number of carbonyl (C=O) groups excluding carboxylic acids is 1. The molecule has 0 bridgehead atoms. The van der Waals surface area contributed by atoms with Crippen molar-refractivity contribution >= 4 is 44.1 Å². The Labute approximate surface area is 267 Å². The largest absolute Gasteiger partial charge is 1.00 e. The summed E-state index contributed by atoms with van der Waals surface area (Å²) in [5.41, 5.74) is 1.97. The summed E-state index contributed by atoms with van der Waals surface area (Å²) < 4.78 is 14.1. The van der Waals surface area contributed by atoms with Gasteiger partial charge in [0.25, 0.3) is 0 Å². The smallest absolute Gasteiger partial charge is 0.414 e. The van der Waals surface area contributed by atoms with Crippen molar-refractivity contribution < 1.29 is 42.7 Å². The highest BCUT2D eigenvalue weighted by molar-refractivity contribution is 7.17. The zero-order valence-corrected chi connectivity index (χ0v) is 26.9. The number of hydrogen-bond donors (Lipinski definition) is 1. The first-order chi connectivity index (χ1) is 20.1. The number of piperazine rings is 1. The van der Waals surface area contributed by atoms with Crippen LogP contribution in [-0.2, 0) is 4.74 Å². The number of aromatic amines is 1. The maximum Gasteiger partial charge on any atom is 0.414 e. The molecule has 0 spiro atoms. The number of thiophene rings is 1. The fraction of sp³-hybridized carbons (Fsp3) is 0.438. The zero-order valence-electron chi connectivity index (χ0n) is 23.9. The molecule has 8 nitrogen and oxygen atoms in total. The zero-order chi connectivity index (χ0) is 28.1. The second-order valence-corrected chi connectivity index (χ2v) is 12.3. The van der Waals surface area contributed by atoms with Crippen molar-refractivity contribution in [3.63, 3.8) is 0 Å². The monoisotopic (exact) mass is 702 g/mol. The highest BCUT2D eigenvalue weighted by Crippen LogP contribution is 2.32. The molecular formula is C32H39IN4O4S. The number of ether oxygens (including phenoxy) is 2. The van der Waals surface area contributed by atoms with Gasteiger partial charge in [0.15, 0.2) is 0 Å². The number of pyridine rings is 1. The Morgan fingerprint density at radius 1 is 0.952 bits per heavy atom. The summed E-state index contributed by atoms with van der Waals surface area (Å²) in [7, 11) is 0. The molecule has 2 aromatic carbocycles. The molecule has 2 aliphatic rings. The van der Waals surface area contributed by atoms with Crippen molar-refractivity contribution in [3.8, 4) is 5.75 Å². The van der Waals surface area contributed by atoms with Crippen molar-refractivity contribution in [2.24, 2.45) is 0 Å². The number of carbonyl (C=O) groups is 1. The number of hydrogen-bond acceptors (Lipinski definition) is 6. The summed E-state index contributed by atoms with van der Waals surface area (Å²) in [5, 5.41) is 4.47. The summed E-state index contributed by atoms with van der Waals surface area (Å²) >= 11 is 1.78. The standard InChI is InChI=1S/C32H38N4O4S.HI/c37-31-12-10-25-9-11-26(23-28(25)33-31)39-21-5-4-18-36(24-40-32(38)35-14-2-1-3-15-35)19-16-34(17-20-36)29-7-6-8-30-27(29)13-22-41-30;/h6-13,22-23H,1-5,14-21,24H2;1H. The van der Waals surface area contributed by atoms with E-state index in [0.29, 0.717) is 13.3 Å². The SMILES string of the molecule is O=C(OC[N+]1(CCCCOc2ccc3ccc(=O)[nH]c3c2)CCN(c2cccc3sccc23)CC1)N1CCCCC1.[I-]. The lowest BCUT2D eigenvalue weighted by Gasteiger charge is -2.45. The maximum absolute atomic E-state index is 12.9. The van der Waals surface area contributed by atoms with Crippen LogP contribution in [0.15, 0.2) is 64.8 Å². The van der Waals surface area contributed by atoms with Crippen LogP contribution >= 0.6 is 11.3 Å². The fourth-order valence-electron chi connectivity index (χ4n) is 6.12. The molecule has 0 unspecified atom stereocenters. The van der Waals surface area contributed by atoms with E-state index in [2.05, 4.69) is 39.5 Å². The van der Waals surface area contributed by atoms with E-state index in [0.717, 1.165) is 92.6 Å². The number of fused-ring (bicyclic) bond motifs is 2. The van der Waals surface area contributed by atoms with E-state index in [9.17, 15) is 9.59 Å². The van der Waals surface area contributed by atoms with Gasteiger partial charge >= 0.3 is 6.09 Å². The van der Waals surface area contributed by atoms with E-state index in [-0.39, 0.29) is 35.6 Å². The number of nitrogens with one attached hydrogen (secondary N) is 1. The minimum absolute atomic E-state index is 0. The Kier molecular flexibility index (Phi) is 10.3. The third-order valence-electron chi connectivity index (χ3n) is 8.57. The number of benzene rings is 2. The molecule has 2 aliphatic heterocycles. The van der Waals surface area contributed by atoms with Crippen LogP contribution in [0.1, 0.15) is 32.1 Å². The second-order valence-electron chi connectivity index (χ2n) is 11.3. The van der Waals surface area contributed by atoms with Gasteiger partial charge < -0.3 is 48.2 Å². The topological polar surface area (TPSA) is 74.9 Å². The minimum atomic E-state index is -0.162. The van der Waals surface area contributed by atoms with E-state index < -0.39 is 0 Å². The van der Waals surface area contributed by atoms with Crippen LogP contribution in [0.5, 0.6) is 5.75 Å². The lowest BCUT2D eigenvalue weighted by Crippen LogP contribution is -3.00. The average Bonchev–Trinajstić information content (AvgIpc) is 3.50. The number of piperidine rings is 1. The molecule has 6 rings (SSSR count). The molecule has 4 aromatic rings. The van der Waals surface area contributed by atoms with Gasteiger partial charge in [0.2, 0.25) is 12.3 Å². The molecule has 2 aromatic heterocycles. The van der Waals surface area contributed by atoms with Crippen LogP contribution in [0.25, 0.3) is 21.0 Å². The fourth-order valence-corrected chi connectivity index (χ4v) is 6.93. The summed E-state index contributed by atoms with van der Waals surface area (Å²) in [4.78, 5) is 31.8. The first-order valence-electron chi connectivity index (χ1n) is 14.8. The molecular weight excluding hydrogens is 663 g/mol. The predicted octanol–water partition coefficient (Wildman–Crippen LogP) is 2.82. The van der Waals surface area contributed by atoms with Gasteiger partial charge in [0, 0.05) is 41.0 Å². The van der Waals surface area contributed by atoms with Crippen molar-refractivity contribution in [2.75, 3.05) is 64.1 Å².